The zero-order valence-electron chi connectivity index (χ0n) is 19.4. The molecule has 0 amide bonds. The average Bonchev–Trinajstić information content (AvgIpc) is 2.87. The molecule has 1 aliphatic heterocycles. The van der Waals surface area contributed by atoms with Crippen LogP contribution in [0.15, 0.2) is 30.6 Å². The molecule has 2 aromatic heterocycles. The minimum atomic E-state index is -1.95. The molecule has 3 heterocycles. The first-order valence-corrected chi connectivity index (χ1v) is 10.7. The maximum absolute atomic E-state index is 13.0. The SMILES string of the molecule is COc1cc2c(=O)oc3c(OC)c(O[C@@H]4O[C@H](C(=O)O)[C@@H](O)[C@H](O)[C@H]4O)cc4c(=O)oc(c1OC)c2c34. The molecule has 0 bridgehead atoms. The number of aliphatic hydroxyl groups excluding tert-OH is 3. The van der Waals surface area contributed by atoms with Gasteiger partial charge in [-0.05, 0) is 12.1 Å². The number of aliphatic carboxylic acids is 1. The van der Waals surface area contributed by atoms with E-state index in [0.29, 0.717) is 0 Å². The molecule has 37 heavy (non-hydrogen) atoms. The van der Waals surface area contributed by atoms with Gasteiger partial charge in [-0.25, -0.2) is 14.4 Å². The minimum Gasteiger partial charge on any atom is -0.493 e. The van der Waals surface area contributed by atoms with Crippen molar-refractivity contribution < 1.29 is 57.7 Å². The Morgan fingerprint density at radius 3 is 1.78 bits per heavy atom. The van der Waals surface area contributed by atoms with E-state index in [1.807, 2.05) is 0 Å². The zero-order valence-corrected chi connectivity index (χ0v) is 19.4. The second-order valence-electron chi connectivity index (χ2n) is 8.16. The van der Waals surface area contributed by atoms with Crippen LogP contribution < -0.4 is 30.2 Å². The van der Waals surface area contributed by atoms with Crippen LogP contribution in [0.4, 0.5) is 0 Å². The lowest BCUT2D eigenvalue weighted by molar-refractivity contribution is -0.271. The Kier molecular flexibility index (Phi) is 5.83. The summed E-state index contributed by atoms with van der Waals surface area (Å²) in [4.78, 5) is 37.4. The second-order valence-corrected chi connectivity index (χ2v) is 8.16. The topological polar surface area (TPSA) is 205 Å². The molecule has 4 N–H and O–H groups in total. The first-order valence-electron chi connectivity index (χ1n) is 10.7. The van der Waals surface area contributed by atoms with E-state index >= 15 is 0 Å². The van der Waals surface area contributed by atoms with Crippen LogP contribution in [0.3, 0.4) is 0 Å². The van der Waals surface area contributed by atoms with Gasteiger partial charge in [-0.1, -0.05) is 0 Å². The molecular formula is C23H20O14. The normalized spacial score (nSPS) is 24.0. The molecule has 2 aromatic carbocycles. The van der Waals surface area contributed by atoms with Crippen LogP contribution in [0.5, 0.6) is 23.0 Å². The number of methoxy groups -OCH3 is 3. The molecule has 1 aliphatic rings. The highest BCUT2D eigenvalue weighted by Crippen LogP contribution is 2.46. The zero-order chi connectivity index (χ0) is 26.8. The quantitative estimate of drug-likeness (QED) is 0.192. The van der Waals surface area contributed by atoms with Gasteiger partial charge in [-0.15, -0.1) is 0 Å². The summed E-state index contributed by atoms with van der Waals surface area (Å²) < 4.78 is 37.7. The minimum absolute atomic E-state index is 0.0251. The molecule has 0 aliphatic carbocycles. The summed E-state index contributed by atoms with van der Waals surface area (Å²) >= 11 is 0. The van der Waals surface area contributed by atoms with Crippen molar-refractivity contribution in [3.8, 4) is 23.0 Å². The van der Waals surface area contributed by atoms with Gasteiger partial charge in [0.15, 0.2) is 28.8 Å². The van der Waals surface area contributed by atoms with Crippen molar-refractivity contribution >= 4 is 38.7 Å². The number of carboxylic acid groups (broad SMARTS) is 1. The molecule has 5 rings (SSSR count). The summed E-state index contributed by atoms with van der Waals surface area (Å²) in [6.07, 6.45) is -9.56. The fourth-order valence-corrected chi connectivity index (χ4v) is 4.44. The Morgan fingerprint density at radius 2 is 1.30 bits per heavy atom. The predicted octanol–water partition coefficient (Wildman–Crippen LogP) is -0.213. The van der Waals surface area contributed by atoms with Gasteiger partial charge in [0, 0.05) is 10.8 Å². The van der Waals surface area contributed by atoms with Gasteiger partial charge < -0.3 is 52.9 Å². The Hall–Kier alpha value is -4.11. The van der Waals surface area contributed by atoms with E-state index in [4.69, 9.17) is 32.5 Å². The number of hydrogen-bond acceptors (Lipinski definition) is 13. The third kappa shape index (κ3) is 3.53. The smallest absolute Gasteiger partial charge is 0.344 e. The van der Waals surface area contributed by atoms with Crippen molar-refractivity contribution in [1.82, 2.24) is 0 Å². The third-order valence-electron chi connectivity index (χ3n) is 6.17. The molecular weight excluding hydrogens is 500 g/mol. The monoisotopic (exact) mass is 520 g/mol. The van der Waals surface area contributed by atoms with Crippen LogP contribution in [-0.2, 0) is 9.53 Å². The molecule has 0 unspecified atom stereocenters. The molecule has 196 valence electrons. The number of hydrogen-bond donors (Lipinski definition) is 4. The highest BCUT2D eigenvalue weighted by atomic mass is 16.7. The lowest BCUT2D eigenvalue weighted by atomic mass is 9.99. The first-order chi connectivity index (χ1) is 17.6. The molecule has 1 saturated heterocycles. The highest BCUT2D eigenvalue weighted by Gasteiger charge is 2.48. The van der Waals surface area contributed by atoms with Crippen LogP contribution in [0.1, 0.15) is 0 Å². The van der Waals surface area contributed by atoms with Gasteiger partial charge in [0.1, 0.15) is 18.3 Å². The van der Waals surface area contributed by atoms with Crippen molar-refractivity contribution in [1.29, 1.82) is 0 Å². The van der Waals surface area contributed by atoms with Crippen molar-refractivity contribution in [3.05, 3.63) is 33.0 Å². The van der Waals surface area contributed by atoms with E-state index in [2.05, 4.69) is 0 Å². The number of carboxylic acids is 1. The Labute approximate surface area is 205 Å². The Balaban J connectivity index is 1.77. The summed E-state index contributed by atoms with van der Waals surface area (Å²) in [6.45, 7) is 0. The highest BCUT2D eigenvalue weighted by molar-refractivity contribution is 6.22. The molecule has 0 spiro atoms. The van der Waals surface area contributed by atoms with E-state index in [9.17, 15) is 34.8 Å². The summed E-state index contributed by atoms with van der Waals surface area (Å²) in [7, 11) is 3.88. The largest absolute Gasteiger partial charge is 0.493 e. The molecule has 0 radical (unpaired) electrons. The standard InChI is InChI=1S/C23H20O14/c1-31-8-4-6-10-11-7(22(30)35-17(10)15(8)32-2)5-9(16(33-3)18(11)36-21(6)29)34-23-14(26)12(24)13(25)19(37-23)20(27)28/h4-5,12-14,19,23-26H,1-3H3,(H,27,28)/t12-,13-,14+,19-,23+/m0/s1. The molecule has 14 nitrogen and oxygen atoms in total. The predicted molar refractivity (Wildman–Crippen MR) is 122 cm³/mol. The van der Waals surface area contributed by atoms with E-state index in [1.54, 1.807) is 0 Å². The lowest BCUT2D eigenvalue weighted by Crippen LogP contribution is -2.61. The Morgan fingerprint density at radius 1 is 0.784 bits per heavy atom. The number of rotatable bonds is 6. The van der Waals surface area contributed by atoms with Crippen LogP contribution in [0.2, 0.25) is 0 Å². The average molecular weight is 520 g/mol. The Bertz CT molecular complexity index is 1630. The number of benzene rings is 2. The first kappa shape index (κ1) is 24.6. The summed E-state index contributed by atoms with van der Waals surface area (Å²) in [5.41, 5.74) is -2.04. The molecule has 1 fully saturated rings. The molecule has 14 heteroatoms. The summed E-state index contributed by atoms with van der Waals surface area (Å²) in [5, 5.41) is 39.9. The number of aliphatic hydroxyl groups is 3. The maximum Gasteiger partial charge on any atom is 0.344 e. The number of carbonyl (C=O) groups is 1. The van der Waals surface area contributed by atoms with Crippen molar-refractivity contribution in [2.75, 3.05) is 21.3 Å². The van der Waals surface area contributed by atoms with Gasteiger partial charge in [-0.2, -0.15) is 0 Å². The third-order valence-corrected chi connectivity index (χ3v) is 6.17. The second kappa shape index (κ2) is 8.77. The lowest BCUT2D eigenvalue weighted by Gasteiger charge is -2.38. The van der Waals surface area contributed by atoms with E-state index in [-0.39, 0.29) is 55.7 Å². The molecule has 5 atom stereocenters. The fraction of sp³-hybridized carbons (Fsp3) is 0.348. The van der Waals surface area contributed by atoms with Crippen LogP contribution in [0, 0.1) is 0 Å². The van der Waals surface area contributed by atoms with Crippen LogP contribution in [-0.4, -0.2) is 78.4 Å². The van der Waals surface area contributed by atoms with Crippen molar-refractivity contribution in [3.63, 3.8) is 0 Å². The van der Waals surface area contributed by atoms with Gasteiger partial charge >= 0.3 is 17.2 Å². The fourth-order valence-electron chi connectivity index (χ4n) is 4.44. The van der Waals surface area contributed by atoms with Gasteiger partial charge in [-0.3, -0.25) is 0 Å². The van der Waals surface area contributed by atoms with Gasteiger partial charge in [0.05, 0.1) is 32.1 Å². The molecule has 4 aromatic rings. The van der Waals surface area contributed by atoms with Gasteiger partial charge in [0.25, 0.3) is 0 Å². The summed E-state index contributed by atoms with van der Waals surface area (Å²) in [6, 6.07) is 2.53. The van der Waals surface area contributed by atoms with Crippen LogP contribution >= 0.6 is 0 Å². The molecule has 0 saturated carbocycles. The van der Waals surface area contributed by atoms with Crippen molar-refractivity contribution in [2.24, 2.45) is 0 Å². The summed E-state index contributed by atoms with van der Waals surface area (Å²) in [5.74, 6) is -1.96. The number of ether oxygens (including phenoxy) is 5. The van der Waals surface area contributed by atoms with E-state index < -0.39 is 47.9 Å². The van der Waals surface area contributed by atoms with Gasteiger partial charge in [0.2, 0.25) is 17.8 Å². The van der Waals surface area contributed by atoms with Crippen molar-refractivity contribution in [2.45, 2.75) is 30.7 Å². The van der Waals surface area contributed by atoms with Crippen LogP contribution in [0.25, 0.3) is 32.7 Å². The maximum atomic E-state index is 13.0. The van der Waals surface area contributed by atoms with E-state index in [0.717, 1.165) is 6.07 Å². The van der Waals surface area contributed by atoms with E-state index in [1.165, 1.54) is 27.4 Å².